The largest absolute Gasteiger partial charge is 0.345 e. The van der Waals surface area contributed by atoms with E-state index in [0.717, 1.165) is 24.8 Å². The molecule has 4 atom stereocenters. The minimum absolute atomic E-state index is 0.364. The summed E-state index contributed by atoms with van der Waals surface area (Å²) in [7, 11) is 4.17. The maximum absolute atomic E-state index is 11.9. The number of likely N-dealkylation sites (tertiary alicyclic amines) is 2. The SMILES string of the molecule is CN1CC2CC3CN(C)C(=O)C3CC2C1. The molecule has 3 aliphatic rings. The number of fused-ring (bicyclic) bond motifs is 2. The van der Waals surface area contributed by atoms with E-state index in [1.54, 1.807) is 0 Å². The Morgan fingerprint density at radius 3 is 2.40 bits per heavy atom. The van der Waals surface area contributed by atoms with Crippen LogP contribution in [0.25, 0.3) is 0 Å². The molecule has 84 valence electrons. The zero-order chi connectivity index (χ0) is 10.6. The van der Waals surface area contributed by atoms with Crippen molar-refractivity contribution >= 4 is 5.91 Å². The van der Waals surface area contributed by atoms with Crippen molar-refractivity contribution in [2.75, 3.05) is 33.7 Å². The van der Waals surface area contributed by atoms with Gasteiger partial charge in [0.1, 0.15) is 0 Å². The summed E-state index contributed by atoms with van der Waals surface area (Å²) in [6.07, 6.45) is 2.44. The van der Waals surface area contributed by atoms with Gasteiger partial charge in [0.2, 0.25) is 5.91 Å². The van der Waals surface area contributed by atoms with Crippen LogP contribution in [0.4, 0.5) is 0 Å². The Balaban J connectivity index is 1.77. The van der Waals surface area contributed by atoms with Gasteiger partial charge in [-0.1, -0.05) is 0 Å². The van der Waals surface area contributed by atoms with Crippen LogP contribution in [0.5, 0.6) is 0 Å². The van der Waals surface area contributed by atoms with E-state index in [0.29, 0.717) is 17.7 Å². The number of hydrogen-bond acceptors (Lipinski definition) is 2. The van der Waals surface area contributed by atoms with Crippen molar-refractivity contribution in [1.82, 2.24) is 9.80 Å². The van der Waals surface area contributed by atoms with Gasteiger partial charge in [0.25, 0.3) is 0 Å². The first-order valence-electron chi connectivity index (χ1n) is 6.08. The summed E-state index contributed by atoms with van der Waals surface area (Å²) < 4.78 is 0. The molecule has 3 nitrogen and oxygen atoms in total. The van der Waals surface area contributed by atoms with E-state index in [9.17, 15) is 4.79 Å². The molecule has 3 rings (SSSR count). The number of carbonyl (C=O) groups excluding carboxylic acids is 1. The summed E-state index contributed by atoms with van der Waals surface area (Å²) in [5, 5.41) is 0. The van der Waals surface area contributed by atoms with E-state index in [2.05, 4.69) is 11.9 Å². The molecule has 0 bridgehead atoms. The molecule has 3 fully saturated rings. The van der Waals surface area contributed by atoms with E-state index in [-0.39, 0.29) is 0 Å². The average Bonchev–Trinajstić information content (AvgIpc) is 2.65. The van der Waals surface area contributed by atoms with Crippen LogP contribution in [-0.2, 0) is 4.79 Å². The molecule has 2 aliphatic heterocycles. The Bertz CT molecular complexity index is 291. The van der Waals surface area contributed by atoms with Gasteiger partial charge >= 0.3 is 0 Å². The molecular formula is C12H20N2O. The first-order valence-corrected chi connectivity index (χ1v) is 6.08. The third-order valence-corrected chi connectivity index (χ3v) is 4.69. The van der Waals surface area contributed by atoms with Crippen LogP contribution in [0.15, 0.2) is 0 Å². The lowest BCUT2D eigenvalue weighted by atomic mass is 9.71. The third kappa shape index (κ3) is 1.40. The van der Waals surface area contributed by atoms with Crippen LogP contribution in [0.3, 0.4) is 0 Å². The Morgan fingerprint density at radius 1 is 1.00 bits per heavy atom. The zero-order valence-corrected chi connectivity index (χ0v) is 9.65. The van der Waals surface area contributed by atoms with E-state index in [1.165, 1.54) is 19.5 Å². The van der Waals surface area contributed by atoms with E-state index in [1.807, 2.05) is 11.9 Å². The summed E-state index contributed by atoms with van der Waals surface area (Å²) in [6, 6.07) is 0. The Hall–Kier alpha value is -0.570. The topological polar surface area (TPSA) is 23.6 Å². The lowest BCUT2D eigenvalue weighted by Crippen LogP contribution is -2.32. The molecular weight excluding hydrogens is 188 g/mol. The van der Waals surface area contributed by atoms with Crippen LogP contribution < -0.4 is 0 Å². The van der Waals surface area contributed by atoms with Crippen LogP contribution in [-0.4, -0.2) is 49.4 Å². The molecule has 1 amide bonds. The standard InChI is InChI=1S/C12H20N2O/c1-13-5-8-3-10-7-14(2)12(15)11(10)4-9(8)6-13/h8-11H,3-7H2,1-2H3. The summed E-state index contributed by atoms with van der Waals surface area (Å²) in [5.74, 6) is 3.10. The summed E-state index contributed by atoms with van der Waals surface area (Å²) in [4.78, 5) is 16.3. The van der Waals surface area contributed by atoms with Crippen LogP contribution in [0.2, 0.25) is 0 Å². The average molecular weight is 208 g/mol. The van der Waals surface area contributed by atoms with Crippen molar-refractivity contribution in [3.63, 3.8) is 0 Å². The molecule has 2 heterocycles. The number of hydrogen-bond donors (Lipinski definition) is 0. The highest BCUT2D eigenvalue weighted by Gasteiger charge is 2.48. The number of amides is 1. The van der Waals surface area contributed by atoms with Crippen molar-refractivity contribution < 1.29 is 4.79 Å². The van der Waals surface area contributed by atoms with E-state index in [4.69, 9.17) is 0 Å². The summed E-state index contributed by atoms with van der Waals surface area (Å²) in [6.45, 7) is 3.48. The minimum Gasteiger partial charge on any atom is -0.345 e. The van der Waals surface area contributed by atoms with Gasteiger partial charge in [-0.3, -0.25) is 4.79 Å². The predicted molar refractivity (Wildman–Crippen MR) is 58.3 cm³/mol. The van der Waals surface area contributed by atoms with Gasteiger partial charge in [-0.25, -0.2) is 0 Å². The lowest BCUT2D eigenvalue weighted by Gasteiger charge is -2.31. The Morgan fingerprint density at radius 2 is 1.67 bits per heavy atom. The maximum Gasteiger partial charge on any atom is 0.225 e. The number of nitrogens with zero attached hydrogens (tertiary/aromatic N) is 2. The zero-order valence-electron chi connectivity index (χ0n) is 9.65. The number of rotatable bonds is 0. The van der Waals surface area contributed by atoms with Crippen molar-refractivity contribution in [2.24, 2.45) is 23.7 Å². The van der Waals surface area contributed by atoms with Gasteiger partial charge in [-0.2, -0.15) is 0 Å². The van der Waals surface area contributed by atoms with Crippen LogP contribution in [0.1, 0.15) is 12.8 Å². The van der Waals surface area contributed by atoms with Gasteiger partial charge in [-0.05, 0) is 37.6 Å². The van der Waals surface area contributed by atoms with Crippen LogP contribution in [0, 0.1) is 23.7 Å². The molecule has 0 aromatic carbocycles. The fourth-order valence-corrected chi connectivity index (χ4v) is 4.01. The highest BCUT2D eigenvalue weighted by Crippen LogP contribution is 2.45. The second-order valence-electron chi connectivity index (χ2n) is 5.80. The Labute approximate surface area is 91.4 Å². The Kier molecular flexibility index (Phi) is 2.06. The van der Waals surface area contributed by atoms with Crippen molar-refractivity contribution in [1.29, 1.82) is 0 Å². The molecule has 0 aromatic heterocycles. The second-order valence-corrected chi connectivity index (χ2v) is 5.80. The summed E-state index contributed by atoms with van der Waals surface area (Å²) in [5.41, 5.74) is 0. The molecule has 3 heteroatoms. The van der Waals surface area contributed by atoms with E-state index >= 15 is 0 Å². The quantitative estimate of drug-likeness (QED) is 0.584. The molecule has 0 spiro atoms. The van der Waals surface area contributed by atoms with Gasteiger partial charge in [0.05, 0.1) is 0 Å². The summed E-state index contributed by atoms with van der Waals surface area (Å²) >= 11 is 0. The van der Waals surface area contributed by atoms with Crippen molar-refractivity contribution in [3.05, 3.63) is 0 Å². The monoisotopic (exact) mass is 208 g/mol. The fourth-order valence-electron chi connectivity index (χ4n) is 4.01. The predicted octanol–water partition coefficient (Wildman–Crippen LogP) is 0.662. The van der Waals surface area contributed by atoms with Gasteiger partial charge in [0.15, 0.2) is 0 Å². The van der Waals surface area contributed by atoms with Crippen molar-refractivity contribution in [2.45, 2.75) is 12.8 Å². The van der Waals surface area contributed by atoms with Crippen molar-refractivity contribution in [3.8, 4) is 0 Å². The fraction of sp³-hybridized carbons (Fsp3) is 0.917. The van der Waals surface area contributed by atoms with Gasteiger partial charge < -0.3 is 9.80 Å². The molecule has 1 aliphatic carbocycles. The molecule has 2 saturated heterocycles. The maximum atomic E-state index is 11.9. The molecule has 4 unspecified atom stereocenters. The first-order chi connectivity index (χ1) is 7.15. The third-order valence-electron chi connectivity index (χ3n) is 4.69. The molecule has 0 radical (unpaired) electrons. The van der Waals surface area contributed by atoms with Gasteiger partial charge in [-0.15, -0.1) is 0 Å². The molecule has 0 aromatic rings. The highest BCUT2D eigenvalue weighted by atomic mass is 16.2. The second kappa shape index (κ2) is 3.21. The molecule has 15 heavy (non-hydrogen) atoms. The normalized spacial score (nSPS) is 45.7. The highest BCUT2D eigenvalue weighted by molar-refractivity contribution is 5.81. The lowest BCUT2D eigenvalue weighted by molar-refractivity contribution is -0.131. The van der Waals surface area contributed by atoms with E-state index < -0.39 is 0 Å². The number of carbonyl (C=O) groups is 1. The van der Waals surface area contributed by atoms with Gasteiger partial charge in [0, 0.05) is 32.6 Å². The molecule has 0 N–H and O–H groups in total. The first kappa shape index (κ1) is 9.64. The van der Waals surface area contributed by atoms with Crippen LogP contribution >= 0.6 is 0 Å². The minimum atomic E-state index is 0.364. The molecule has 1 saturated carbocycles. The smallest absolute Gasteiger partial charge is 0.225 e.